The highest BCUT2D eigenvalue weighted by molar-refractivity contribution is 5.92. The highest BCUT2D eigenvalue weighted by Crippen LogP contribution is 2.19. The Morgan fingerprint density at radius 2 is 2.17 bits per heavy atom. The van der Waals surface area contributed by atoms with Crippen molar-refractivity contribution >= 4 is 5.91 Å². The van der Waals surface area contributed by atoms with Gasteiger partial charge < -0.3 is 5.32 Å². The van der Waals surface area contributed by atoms with Gasteiger partial charge in [-0.05, 0) is 37.0 Å². The van der Waals surface area contributed by atoms with Crippen LogP contribution in [0.4, 0.5) is 0 Å². The summed E-state index contributed by atoms with van der Waals surface area (Å²) in [5.74, 6) is -0.191. The number of benzene rings is 1. The second-order valence-electron chi connectivity index (χ2n) is 5.67. The van der Waals surface area contributed by atoms with Crippen LogP contribution in [0.25, 0.3) is 5.69 Å². The van der Waals surface area contributed by atoms with Gasteiger partial charge in [-0.3, -0.25) is 9.89 Å². The fraction of sp³-hybridized carbons (Fsp3) is 0.250. The number of rotatable bonds is 3. The molecule has 1 aliphatic carbocycles. The number of aromatic amines is 1. The summed E-state index contributed by atoms with van der Waals surface area (Å²) in [6.07, 6.45) is 6.07. The van der Waals surface area contributed by atoms with Crippen LogP contribution in [0, 0.1) is 0 Å². The van der Waals surface area contributed by atoms with E-state index in [1.165, 1.54) is 11.3 Å². The lowest BCUT2D eigenvalue weighted by Gasteiger charge is -2.22. The van der Waals surface area contributed by atoms with Crippen LogP contribution < -0.4 is 5.32 Å². The van der Waals surface area contributed by atoms with Crippen molar-refractivity contribution in [2.24, 2.45) is 0 Å². The molecule has 2 aromatic heterocycles. The summed E-state index contributed by atoms with van der Waals surface area (Å²) in [7, 11) is 0. The zero-order valence-corrected chi connectivity index (χ0v) is 12.4. The Labute approximate surface area is 132 Å². The Morgan fingerprint density at radius 1 is 1.30 bits per heavy atom. The molecule has 0 fully saturated rings. The fourth-order valence-electron chi connectivity index (χ4n) is 2.87. The zero-order chi connectivity index (χ0) is 15.6. The van der Waals surface area contributed by atoms with Gasteiger partial charge in [0, 0.05) is 11.7 Å². The summed E-state index contributed by atoms with van der Waals surface area (Å²) >= 11 is 0. The molecule has 3 aromatic rings. The van der Waals surface area contributed by atoms with Gasteiger partial charge in [-0.1, -0.05) is 23.4 Å². The Bertz CT molecular complexity index is 822. The summed E-state index contributed by atoms with van der Waals surface area (Å²) < 4.78 is 1.60. The van der Waals surface area contributed by atoms with E-state index in [9.17, 15) is 4.79 Å². The maximum absolute atomic E-state index is 12.4. The Hall–Kier alpha value is -2.96. The Morgan fingerprint density at radius 3 is 3.04 bits per heavy atom. The standard InChI is InChI=1S/C16H16N6O/c23-16(18-12-6-7-14-11(8-12)9-17-19-14)15-10-22(21-20-15)13-4-2-1-3-5-13/h1-5,9-10,12H,6-8H2,(H,17,19)(H,18,23)/t12-/m0/s1. The van der Waals surface area contributed by atoms with Crippen molar-refractivity contribution in [1.29, 1.82) is 0 Å². The predicted octanol–water partition coefficient (Wildman–Crippen LogP) is 1.28. The van der Waals surface area contributed by atoms with Crippen molar-refractivity contribution in [1.82, 2.24) is 30.5 Å². The lowest BCUT2D eigenvalue weighted by Crippen LogP contribution is -2.38. The topological polar surface area (TPSA) is 88.5 Å². The Balaban J connectivity index is 1.45. The average molecular weight is 308 g/mol. The molecule has 7 nitrogen and oxygen atoms in total. The normalized spacial score (nSPS) is 16.8. The molecule has 2 N–H and O–H groups in total. The molecule has 1 aromatic carbocycles. The lowest BCUT2D eigenvalue weighted by atomic mass is 9.93. The molecule has 1 atom stereocenters. The summed E-state index contributed by atoms with van der Waals surface area (Å²) in [6, 6.07) is 9.70. The molecule has 0 saturated heterocycles. The molecule has 0 unspecified atom stereocenters. The first-order valence-electron chi connectivity index (χ1n) is 7.59. The quantitative estimate of drug-likeness (QED) is 0.763. The van der Waals surface area contributed by atoms with E-state index in [-0.39, 0.29) is 11.9 Å². The number of fused-ring (bicyclic) bond motifs is 1. The predicted molar refractivity (Wildman–Crippen MR) is 83.2 cm³/mol. The molecule has 116 valence electrons. The molecule has 0 radical (unpaired) electrons. The van der Waals surface area contributed by atoms with Crippen LogP contribution >= 0.6 is 0 Å². The van der Waals surface area contributed by atoms with E-state index in [2.05, 4.69) is 25.8 Å². The van der Waals surface area contributed by atoms with Crippen molar-refractivity contribution in [3.05, 3.63) is 59.7 Å². The van der Waals surface area contributed by atoms with Crippen molar-refractivity contribution < 1.29 is 4.79 Å². The van der Waals surface area contributed by atoms with Crippen LogP contribution in [0.1, 0.15) is 28.2 Å². The van der Waals surface area contributed by atoms with E-state index in [1.807, 2.05) is 36.5 Å². The van der Waals surface area contributed by atoms with Gasteiger partial charge in [0.1, 0.15) is 0 Å². The number of hydrogen-bond donors (Lipinski definition) is 2. The third-order valence-electron chi connectivity index (χ3n) is 4.10. The smallest absolute Gasteiger partial charge is 0.273 e. The number of hydrogen-bond acceptors (Lipinski definition) is 4. The minimum absolute atomic E-state index is 0.106. The van der Waals surface area contributed by atoms with Gasteiger partial charge in [-0.2, -0.15) is 5.10 Å². The third kappa shape index (κ3) is 2.73. The SMILES string of the molecule is O=C(N[C@H]1CCc2[nH]ncc2C1)c1cn(-c2ccccc2)nn1. The van der Waals surface area contributed by atoms with Crippen LogP contribution in [-0.4, -0.2) is 37.1 Å². The largest absolute Gasteiger partial charge is 0.348 e. The second-order valence-corrected chi connectivity index (χ2v) is 5.67. The lowest BCUT2D eigenvalue weighted by molar-refractivity contribution is 0.0928. The summed E-state index contributed by atoms with van der Waals surface area (Å²) in [5, 5.41) is 18.1. The molecule has 0 spiro atoms. The third-order valence-corrected chi connectivity index (χ3v) is 4.10. The number of carbonyl (C=O) groups excluding carboxylic acids is 1. The van der Waals surface area contributed by atoms with Gasteiger partial charge in [0.2, 0.25) is 0 Å². The molecular formula is C16H16N6O. The second kappa shape index (κ2) is 5.68. The van der Waals surface area contributed by atoms with E-state index in [1.54, 1.807) is 10.9 Å². The number of H-pyrrole nitrogens is 1. The summed E-state index contributed by atoms with van der Waals surface area (Å²) in [6.45, 7) is 0. The van der Waals surface area contributed by atoms with Gasteiger partial charge >= 0.3 is 0 Å². The van der Waals surface area contributed by atoms with Gasteiger partial charge in [0.15, 0.2) is 5.69 Å². The van der Waals surface area contributed by atoms with Gasteiger partial charge in [0.05, 0.1) is 18.1 Å². The van der Waals surface area contributed by atoms with Crippen LogP contribution in [0.5, 0.6) is 0 Å². The first kappa shape index (κ1) is 13.7. The molecule has 0 saturated carbocycles. The average Bonchev–Trinajstić information content (AvgIpc) is 3.24. The number of aromatic nitrogens is 5. The summed E-state index contributed by atoms with van der Waals surface area (Å²) in [5.41, 5.74) is 3.55. The van der Waals surface area contributed by atoms with Crippen molar-refractivity contribution in [3.8, 4) is 5.69 Å². The van der Waals surface area contributed by atoms with E-state index in [4.69, 9.17) is 0 Å². The monoisotopic (exact) mass is 308 g/mol. The van der Waals surface area contributed by atoms with Gasteiger partial charge in [-0.15, -0.1) is 5.10 Å². The first-order chi connectivity index (χ1) is 11.3. The zero-order valence-electron chi connectivity index (χ0n) is 12.4. The number of amides is 1. The van der Waals surface area contributed by atoms with Crippen LogP contribution in [-0.2, 0) is 12.8 Å². The number of carbonyl (C=O) groups is 1. The fourth-order valence-corrected chi connectivity index (χ4v) is 2.87. The highest BCUT2D eigenvalue weighted by atomic mass is 16.2. The molecule has 7 heteroatoms. The number of nitrogens with one attached hydrogen (secondary N) is 2. The minimum Gasteiger partial charge on any atom is -0.348 e. The molecule has 4 rings (SSSR count). The number of nitrogens with zero attached hydrogens (tertiary/aromatic N) is 4. The van der Waals surface area contributed by atoms with Crippen molar-refractivity contribution in [2.45, 2.75) is 25.3 Å². The van der Waals surface area contributed by atoms with Crippen LogP contribution in [0.2, 0.25) is 0 Å². The van der Waals surface area contributed by atoms with Crippen LogP contribution in [0.15, 0.2) is 42.7 Å². The molecular weight excluding hydrogens is 292 g/mol. The molecule has 1 aliphatic rings. The van der Waals surface area contributed by atoms with Crippen LogP contribution in [0.3, 0.4) is 0 Å². The van der Waals surface area contributed by atoms with Crippen molar-refractivity contribution in [3.63, 3.8) is 0 Å². The summed E-state index contributed by atoms with van der Waals surface area (Å²) in [4.78, 5) is 12.4. The maximum Gasteiger partial charge on any atom is 0.273 e. The molecule has 0 aliphatic heterocycles. The van der Waals surface area contributed by atoms with E-state index in [0.717, 1.165) is 24.9 Å². The highest BCUT2D eigenvalue weighted by Gasteiger charge is 2.23. The van der Waals surface area contributed by atoms with E-state index in [0.29, 0.717) is 5.69 Å². The minimum atomic E-state index is -0.191. The van der Waals surface area contributed by atoms with E-state index >= 15 is 0 Å². The van der Waals surface area contributed by atoms with Gasteiger partial charge in [-0.25, -0.2) is 4.68 Å². The number of para-hydroxylation sites is 1. The van der Waals surface area contributed by atoms with Gasteiger partial charge in [0.25, 0.3) is 5.91 Å². The first-order valence-corrected chi connectivity index (χ1v) is 7.59. The Kier molecular flexibility index (Phi) is 3.38. The molecule has 1 amide bonds. The molecule has 23 heavy (non-hydrogen) atoms. The molecule has 2 heterocycles. The molecule has 0 bridgehead atoms. The van der Waals surface area contributed by atoms with Crippen molar-refractivity contribution in [2.75, 3.05) is 0 Å². The maximum atomic E-state index is 12.4. The van der Waals surface area contributed by atoms with E-state index < -0.39 is 0 Å². The number of aryl methyl sites for hydroxylation is 1.